The van der Waals surface area contributed by atoms with Crippen molar-refractivity contribution in [3.63, 3.8) is 0 Å². The Kier molecular flexibility index (Phi) is 9.64. The van der Waals surface area contributed by atoms with E-state index in [1.807, 2.05) is 49.5 Å². The topological polar surface area (TPSA) is 96.7 Å². The molecule has 178 valence electrons. The lowest BCUT2D eigenvalue weighted by molar-refractivity contribution is -0.118. The second-order valence-electron chi connectivity index (χ2n) is 8.04. The molecule has 3 rings (SSSR count). The van der Waals surface area contributed by atoms with Crippen LogP contribution in [0.5, 0.6) is 5.75 Å². The van der Waals surface area contributed by atoms with Gasteiger partial charge in [0.1, 0.15) is 5.75 Å². The molecule has 2 amide bonds. The molecule has 0 aliphatic carbocycles. The first-order chi connectivity index (χ1) is 16.5. The largest absolute Gasteiger partial charge is 0.484 e. The van der Waals surface area contributed by atoms with Gasteiger partial charge in [-0.3, -0.25) is 9.59 Å². The molecule has 0 atom stereocenters. The molecule has 0 aromatic heterocycles. The number of rotatable bonds is 12. The number of carbonyl (C=O) groups excluding carboxylic acids is 2. The van der Waals surface area contributed by atoms with E-state index in [-0.39, 0.29) is 18.4 Å². The second-order valence-corrected chi connectivity index (χ2v) is 8.04. The summed E-state index contributed by atoms with van der Waals surface area (Å²) in [4.78, 5) is 27.2. The minimum absolute atomic E-state index is 0.128. The number of nitrogens with one attached hydrogen (secondary N) is 2. The van der Waals surface area contributed by atoms with Crippen LogP contribution in [-0.2, 0) is 17.8 Å². The summed E-state index contributed by atoms with van der Waals surface area (Å²) < 4.78 is 5.56. The van der Waals surface area contributed by atoms with Gasteiger partial charge in [0, 0.05) is 37.4 Å². The predicted octanol–water partition coefficient (Wildman–Crippen LogP) is 3.07. The minimum atomic E-state index is -0.295. The summed E-state index contributed by atoms with van der Waals surface area (Å²) in [6.45, 7) is 2.09. The first-order valence-corrected chi connectivity index (χ1v) is 11.4. The standard InChI is InChI=1S/C27H32N4O3/c1-31(17-14-21-8-4-2-5-9-21)19-23-13-12-22(27(33)29-16-15-28)18-25(23)30-26(32)20-34-24-10-6-3-7-11-24/h2-13,18H,14-17,19-20,28H2,1H3,(H,29,33)(H,30,32). The Morgan fingerprint density at radius 3 is 2.38 bits per heavy atom. The summed E-state index contributed by atoms with van der Waals surface area (Å²) >= 11 is 0. The van der Waals surface area contributed by atoms with Crippen LogP contribution >= 0.6 is 0 Å². The van der Waals surface area contributed by atoms with Crippen LogP contribution in [-0.4, -0.2) is 50.0 Å². The van der Waals surface area contributed by atoms with Gasteiger partial charge in [0.15, 0.2) is 6.61 Å². The van der Waals surface area contributed by atoms with E-state index in [0.29, 0.717) is 36.6 Å². The van der Waals surface area contributed by atoms with Crippen molar-refractivity contribution in [2.45, 2.75) is 13.0 Å². The molecule has 7 heteroatoms. The molecule has 34 heavy (non-hydrogen) atoms. The lowest BCUT2D eigenvalue weighted by atomic mass is 10.1. The molecule has 0 aliphatic heterocycles. The summed E-state index contributed by atoms with van der Waals surface area (Å²) in [7, 11) is 2.04. The second kappa shape index (κ2) is 13.1. The fourth-order valence-corrected chi connectivity index (χ4v) is 3.45. The molecule has 4 N–H and O–H groups in total. The number of nitrogens with two attached hydrogens (primary N) is 1. The average Bonchev–Trinajstić information content (AvgIpc) is 2.87. The summed E-state index contributed by atoms with van der Waals surface area (Å²) in [6.07, 6.45) is 0.920. The van der Waals surface area contributed by atoms with Crippen molar-refractivity contribution in [3.05, 3.63) is 95.6 Å². The Bertz CT molecular complexity index is 1060. The number of para-hydroxylation sites is 1. The molecular formula is C27H32N4O3. The molecule has 0 unspecified atom stereocenters. The monoisotopic (exact) mass is 460 g/mol. The van der Waals surface area contributed by atoms with Crippen LogP contribution in [0.4, 0.5) is 5.69 Å². The molecule has 0 heterocycles. The van der Waals surface area contributed by atoms with Gasteiger partial charge in [-0.25, -0.2) is 0 Å². The third kappa shape index (κ3) is 8.03. The van der Waals surface area contributed by atoms with Gasteiger partial charge < -0.3 is 26.0 Å². The van der Waals surface area contributed by atoms with Gasteiger partial charge in [-0.15, -0.1) is 0 Å². The summed E-state index contributed by atoms with van der Waals surface area (Å²) in [5.74, 6) is 0.0930. The minimum Gasteiger partial charge on any atom is -0.484 e. The lowest BCUT2D eigenvalue weighted by Gasteiger charge is -2.20. The number of benzene rings is 3. The van der Waals surface area contributed by atoms with Gasteiger partial charge >= 0.3 is 0 Å². The molecule has 3 aromatic rings. The number of nitrogens with zero attached hydrogens (tertiary/aromatic N) is 1. The van der Waals surface area contributed by atoms with Gasteiger partial charge in [0.05, 0.1) is 0 Å². The fraction of sp³-hybridized carbons (Fsp3) is 0.259. The highest BCUT2D eigenvalue weighted by atomic mass is 16.5. The van der Waals surface area contributed by atoms with E-state index >= 15 is 0 Å². The number of amides is 2. The van der Waals surface area contributed by atoms with Gasteiger partial charge in [0.25, 0.3) is 11.8 Å². The number of anilines is 1. The third-order valence-corrected chi connectivity index (χ3v) is 5.25. The number of likely N-dealkylation sites (N-methyl/N-ethyl adjacent to an activating group) is 1. The molecule has 0 saturated carbocycles. The SMILES string of the molecule is CN(CCc1ccccc1)Cc1ccc(C(=O)NCCN)cc1NC(=O)COc1ccccc1. The van der Waals surface area contributed by atoms with Crippen molar-refractivity contribution in [2.75, 3.05) is 38.6 Å². The van der Waals surface area contributed by atoms with Crippen molar-refractivity contribution in [3.8, 4) is 5.75 Å². The van der Waals surface area contributed by atoms with Crippen LogP contribution in [0.15, 0.2) is 78.9 Å². The van der Waals surface area contributed by atoms with E-state index in [9.17, 15) is 9.59 Å². The maximum atomic E-state index is 12.6. The van der Waals surface area contributed by atoms with Crippen molar-refractivity contribution >= 4 is 17.5 Å². The van der Waals surface area contributed by atoms with E-state index in [0.717, 1.165) is 18.5 Å². The molecule has 7 nitrogen and oxygen atoms in total. The molecular weight excluding hydrogens is 428 g/mol. The van der Waals surface area contributed by atoms with E-state index in [1.54, 1.807) is 24.3 Å². The summed E-state index contributed by atoms with van der Waals surface area (Å²) in [6, 6.07) is 24.8. The van der Waals surface area contributed by atoms with E-state index in [1.165, 1.54) is 5.56 Å². The fourth-order valence-electron chi connectivity index (χ4n) is 3.45. The van der Waals surface area contributed by atoms with Gasteiger partial charge in [0.2, 0.25) is 0 Å². The molecule has 0 fully saturated rings. The van der Waals surface area contributed by atoms with Crippen LogP contribution in [0.1, 0.15) is 21.5 Å². The summed E-state index contributed by atoms with van der Waals surface area (Å²) in [5.41, 5.74) is 8.73. The first kappa shape index (κ1) is 25.0. The molecule has 0 spiro atoms. The normalized spacial score (nSPS) is 10.7. The molecule has 0 bridgehead atoms. The molecule has 0 aliphatic rings. The number of hydrogen-bond donors (Lipinski definition) is 3. The van der Waals surface area contributed by atoms with Crippen molar-refractivity contribution < 1.29 is 14.3 Å². The number of hydrogen-bond acceptors (Lipinski definition) is 5. The average molecular weight is 461 g/mol. The highest BCUT2D eigenvalue weighted by molar-refractivity contribution is 5.98. The van der Waals surface area contributed by atoms with Crippen LogP contribution in [0.25, 0.3) is 0 Å². The van der Waals surface area contributed by atoms with E-state index in [4.69, 9.17) is 10.5 Å². The summed E-state index contributed by atoms with van der Waals surface area (Å²) in [5, 5.41) is 5.68. The predicted molar refractivity (Wildman–Crippen MR) is 135 cm³/mol. The maximum Gasteiger partial charge on any atom is 0.262 e. The smallest absolute Gasteiger partial charge is 0.262 e. The van der Waals surface area contributed by atoms with Gasteiger partial charge in [-0.05, 0) is 48.9 Å². The van der Waals surface area contributed by atoms with Crippen molar-refractivity contribution in [2.24, 2.45) is 5.73 Å². The van der Waals surface area contributed by atoms with Crippen LogP contribution < -0.4 is 21.1 Å². The number of ether oxygens (including phenoxy) is 1. The van der Waals surface area contributed by atoms with Crippen LogP contribution in [0.2, 0.25) is 0 Å². The Morgan fingerprint density at radius 1 is 0.971 bits per heavy atom. The lowest BCUT2D eigenvalue weighted by Crippen LogP contribution is -2.29. The zero-order valence-corrected chi connectivity index (χ0v) is 19.5. The zero-order valence-electron chi connectivity index (χ0n) is 19.5. The Balaban J connectivity index is 1.68. The van der Waals surface area contributed by atoms with E-state index in [2.05, 4.69) is 27.7 Å². The van der Waals surface area contributed by atoms with Crippen LogP contribution in [0.3, 0.4) is 0 Å². The van der Waals surface area contributed by atoms with Gasteiger partial charge in [-0.2, -0.15) is 0 Å². The molecule has 3 aromatic carbocycles. The van der Waals surface area contributed by atoms with Crippen LogP contribution in [0, 0.1) is 0 Å². The quantitative estimate of drug-likeness (QED) is 0.386. The molecule has 0 radical (unpaired) electrons. The van der Waals surface area contributed by atoms with Gasteiger partial charge in [-0.1, -0.05) is 54.6 Å². The maximum absolute atomic E-state index is 12.6. The first-order valence-electron chi connectivity index (χ1n) is 11.4. The number of carbonyl (C=O) groups is 2. The third-order valence-electron chi connectivity index (χ3n) is 5.25. The molecule has 0 saturated heterocycles. The Labute approximate surface area is 200 Å². The van der Waals surface area contributed by atoms with Crippen molar-refractivity contribution in [1.82, 2.24) is 10.2 Å². The highest BCUT2D eigenvalue weighted by Gasteiger charge is 2.14. The Hall–Kier alpha value is -3.68. The zero-order chi connectivity index (χ0) is 24.2. The van der Waals surface area contributed by atoms with Crippen molar-refractivity contribution in [1.29, 1.82) is 0 Å². The Morgan fingerprint density at radius 2 is 1.68 bits per heavy atom. The van der Waals surface area contributed by atoms with E-state index < -0.39 is 0 Å². The highest BCUT2D eigenvalue weighted by Crippen LogP contribution is 2.20.